The Bertz CT molecular complexity index is 2040. The molecule has 4 atom stereocenters. The van der Waals surface area contributed by atoms with E-state index in [1.165, 1.54) is 0 Å². The molecule has 3 saturated heterocycles. The van der Waals surface area contributed by atoms with Gasteiger partial charge in [-0.3, -0.25) is 19.2 Å². The largest absolute Gasteiger partial charge is 0.432 e. The van der Waals surface area contributed by atoms with E-state index in [9.17, 15) is 14.7 Å². The second-order valence-electron chi connectivity index (χ2n) is 15.7. The highest BCUT2D eigenvalue weighted by molar-refractivity contribution is 9.10. The Kier molecular flexibility index (Phi) is 9.80. The Morgan fingerprint density at radius 2 is 1.76 bits per heavy atom. The second kappa shape index (κ2) is 14.3. The van der Waals surface area contributed by atoms with Crippen molar-refractivity contribution in [1.29, 1.82) is 0 Å². The molecular weight excluding hydrogens is 766 g/mol. The molecular formula is C40H48BrN7O5Si. The van der Waals surface area contributed by atoms with Gasteiger partial charge in [-0.15, -0.1) is 5.10 Å². The van der Waals surface area contributed by atoms with E-state index in [0.29, 0.717) is 38.3 Å². The molecule has 2 spiro atoms. The van der Waals surface area contributed by atoms with Gasteiger partial charge in [0.15, 0.2) is 13.9 Å². The lowest BCUT2D eigenvalue weighted by atomic mass is 9.82. The van der Waals surface area contributed by atoms with Crippen LogP contribution in [0.1, 0.15) is 43.0 Å². The van der Waals surface area contributed by atoms with Crippen LogP contribution in [0.3, 0.4) is 0 Å². The van der Waals surface area contributed by atoms with E-state index in [1.54, 1.807) is 4.68 Å². The first kappa shape index (κ1) is 37.0. The minimum atomic E-state index is -2.86. The average Bonchev–Trinajstić information content (AvgIpc) is 3.87. The van der Waals surface area contributed by atoms with Crippen molar-refractivity contribution in [3.8, 4) is 0 Å². The van der Waals surface area contributed by atoms with Gasteiger partial charge < -0.3 is 29.8 Å². The number of hydrogen-bond donors (Lipinski definition) is 3. The Morgan fingerprint density at radius 3 is 2.50 bits per heavy atom. The first-order chi connectivity index (χ1) is 26.0. The molecule has 0 aliphatic carbocycles. The van der Waals surface area contributed by atoms with Gasteiger partial charge >= 0.3 is 0 Å². The van der Waals surface area contributed by atoms with Crippen molar-refractivity contribution in [2.75, 3.05) is 41.1 Å². The van der Waals surface area contributed by atoms with Gasteiger partial charge in [0, 0.05) is 58.6 Å². The number of nitrogens with zero attached hydrogens (tertiary/aromatic N) is 6. The maximum absolute atomic E-state index is 15.1. The van der Waals surface area contributed by atoms with Gasteiger partial charge in [-0.25, -0.2) is 0 Å². The van der Waals surface area contributed by atoms with Crippen molar-refractivity contribution in [2.24, 2.45) is 5.92 Å². The summed E-state index contributed by atoms with van der Waals surface area (Å²) in [5.41, 5.74) is 2.89. The number of nitrogens with one attached hydrogen (secondary N) is 1. The number of piperidine rings is 1. The average molecular weight is 815 g/mol. The molecule has 0 radical (unpaired) electrons. The topological polar surface area (TPSA) is 136 Å². The third kappa shape index (κ3) is 6.20. The van der Waals surface area contributed by atoms with Gasteiger partial charge in [0.25, 0.3) is 11.8 Å². The normalized spacial score (nSPS) is 25.1. The number of ether oxygens (including phenoxy) is 1. The molecule has 0 saturated carbocycles. The highest BCUT2D eigenvalue weighted by Gasteiger charge is 2.66. The molecule has 4 aliphatic rings. The number of carbonyl (C=O) groups is 2. The van der Waals surface area contributed by atoms with E-state index in [-0.39, 0.29) is 29.9 Å². The Balaban J connectivity index is 1.09. The zero-order valence-corrected chi connectivity index (χ0v) is 33.6. The molecule has 8 rings (SSSR count). The van der Waals surface area contributed by atoms with Crippen molar-refractivity contribution in [3.05, 3.63) is 100 Å². The number of halogens is 1. The number of hydrogen-bond acceptors (Lipinski definition) is 9. The zero-order valence-electron chi connectivity index (χ0n) is 31.0. The summed E-state index contributed by atoms with van der Waals surface area (Å²) in [6.45, 7) is 8.69. The molecule has 284 valence electrons. The van der Waals surface area contributed by atoms with Crippen LogP contribution in [0.5, 0.6) is 0 Å². The van der Waals surface area contributed by atoms with Gasteiger partial charge in [-0.05, 0) is 93.5 Å². The Hall–Kier alpha value is -3.92. The third-order valence-electron chi connectivity index (χ3n) is 12.0. The summed E-state index contributed by atoms with van der Waals surface area (Å²) in [7, 11) is -2.86. The molecule has 3 N–H and O–H groups in total. The monoisotopic (exact) mass is 813 g/mol. The highest BCUT2D eigenvalue weighted by Crippen LogP contribution is 2.60. The summed E-state index contributed by atoms with van der Waals surface area (Å²) >= 11 is 3.67. The lowest BCUT2D eigenvalue weighted by Crippen LogP contribution is -2.55. The number of para-hydroxylation sites is 1. The van der Waals surface area contributed by atoms with Gasteiger partial charge in [0.05, 0.1) is 30.7 Å². The fourth-order valence-electron chi connectivity index (χ4n) is 9.59. The van der Waals surface area contributed by atoms with Crippen LogP contribution in [-0.4, -0.2) is 83.0 Å². The summed E-state index contributed by atoms with van der Waals surface area (Å²) in [5, 5.41) is 21.2. The minimum absolute atomic E-state index is 0.00340. The summed E-state index contributed by atoms with van der Waals surface area (Å²) in [4.78, 5) is 47.2. The molecule has 4 aromatic rings. The van der Waals surface area contributed by atoms with Gasteiger partial charge in [-0.1, -0.05) is 58.4 Å². The number of aryl methyl sites for hydroxylation is 1. The summed E-state index contributed by atoms with van der Waals surface area (Å²) in [6.07, 6.45) is 3.85. The molecule has 0 bridgehead atoms. The zero-order chi connectivity index (χ0) is 37.8. The second-order valence-corrected chi connectivity index (χ2v) is 20.6. The molecule has 4 aliphatic heterocycles. The van der Waals surface area contributed by atoms with Crippen molar-refractivity contribution in [1.82, 2.24) is 20.3 Å². The number of fused-ring (bicyclic) bond motifs is 2. The number of amides is 2. The number of rotatable bonds is 10. The van der Waals surface area contributed by atoms with Crippen LogP contribution in [0.4, 0.5) is 17.1 Å². The number of aliphatic hydroxyl groups is 1. The smallest absolute Gasteiger partial charge is 0.264 e. The molecule has 12 nitrogen and oxygen atoms in total. The summed E-state index contributed by atoms with van der Waals surface area (Å²) in [6, 6.07) is 24.1. The number of aliphatic hydroxyl groups excluding tert-OH is 1. The predicted octanol–water partition coefficient (Wildman–Crippen LogP) is 4.94. The summed E-state index contributed by atoms with van der Waals surface area (Å²) < 4.78 is 9.62. The highest BCUT2D eigenvalue weighted by atomic mass is 79.9. The van der Waals surface area contributed by atoms with Crippen molar-refractivity contribution < 1.29 is 24.2 Å². The predicted molar refractivity (Wildman–Crippen MR) is 212 cm³/mol. The fourth-order valence-corrected chi connectivity index (χ4v) is 12.5. The van der Waals surface area contributed by atoms with E-state index in [2.05, 4.69) is 48.6 Å². The number of anilines is 3. The lowest BCUT2D eigenvalue weighted by molar-refractivity contribution is -0.146. The maximum Gasteiger partial charge on any atom is 0.264 e. The van der Waals surface area contributed by atoms with Crippen LogP contribution in [0.15, 0.2) is 83.5 Å². The van der Waals surface area contributed by atoms with Crippen LogP contribution in [0, 0.1) is 5.92 Å². The molecule has 54 heavy (non-hydrogen) atoms. The molecule has 14 heteroatoms. The van der Waals surface area contributed by atoms with Crippen molar-refractivity contribution >= 4 is 53.1 Å². The third-order valence-corrected chi connectivity index (χ3v) is 15.0. The standard InChI is InChI=1S/C40H48BrN7O5Si/c1-27-36(54(2,3)52)35(14-20-45-25-30(15-21-49)43-44-45)53-40(27)33-23-29(41)12-13-34(33)46(38(40)51)24-28-8-7-11-32(22-28)47-26-48(31-9-5-4-6-10-31)39(37(47)50)16-18-42-19-17-39/h4-13,22-23,25,27,35-36,42,49,52H,14-21,24,26H2,1-3H3/t27-,35+,36-,40+/m1/s1. The van der Waals surface area contributed by atoms with Crippen LogP contribution in [0.2, 0.25) is 18.6 Å². The SMILES string of the molecule is C[C@@H]1[C@@H]([Si](C)(C)O)[C@H](CCn2cc(CCO)nn2)O[C@@]12C(=O)N(Cc1cccc(N3CN(c4ccccc4)C4(CCNCC4)C3=O)c1)c1ccc(Br)cc12. The lowest BCUT2D eigenvalue weighted by Gasteiger charge is -2.39. The molecule has 3 fully saturated rings. The van der Waals surface area contributed by atoms with Crippen LogP contribution in [-0.2, 0) is 39.4 Å². The van der Waals surface area contributed by atoms with Crippen molar-refractivity contribution in [3.63, 3.8) is 0 Å². The number of benzene rings is 3. The molecule has 1 aromatic heterocycles. The van der Waals surface area contributed by atoms with E-state index in [0.717, 1.165) is 58.6 Å². The first-order valence-corrected chi connectivity index (χ1v) is 22.7. The van der Waals surface area contributed by atoms with Gasteiger partial charge in [0.1, 0.15) is 5.54 Å². The van der Waals surface area contributed by atoms with E-state index in [1.807, 2.05) is 96.7 Å². The van der Waals surface area contributed by atoms with Crippen LogP contribution in [0.25, 0.3) is 0 Å². The van der Waals surface area contributed by atoms with E-state index < -0.39 is 25.6 Å². The summed E-state index contributed by atoms with van der Waals surface area (Å²) in [5.74, 6) is -0.349. The Morgan fingerprint density at radius 1 is 1.00 bits per heavy atom. The first-order valence-electron chi connectivity index (χ1n) is 18.9. The van der Waals surface area contributed by atoms with Crippen molar-refractivity contribution in [2.45, 2.75) is 81.6 Å². The number of aromatic nitrogens is 3. The number of carbonyl (C=O) groups excluding carboxylic acids is 2. The molecule has 0 unspecified atom stereocenters. The molecule has 5 heterocycles. The van der Waals surface area contributed by atoms with E-state index >= 15 is 4.79 Å². The van der Waals surface area contributed by atoms with Crippen LogP contribution < -0.4 is 20.0 Å². The molecule has 2 amide bonds. The minimum Gasteiger partial charge on any atom is -0.432 e. The molecule has 3 aromatic carbocycles. The van der Waals surface area contributed by atoms with E-state index in [4.69, 9.17) is 4.74 Å². The maximum atomic E-state index is 15.1. The Labute approximate surface area is 325 Å². The fraction of sp³-hybridized carbons (Fsp3) is 0.450. The van der Waals surface area contributed by atoms with Gasteiger partial charge in [-0.2, -0.15) is 0 Å². The van der Waals surface area contributed by atoms with Crippen LogP contribution >= 0.6 is 15.9 Å². The van der Waals surface area contributed by atoms with Gasteiger partial charge in [0.2, 0.25) is 0 Å². The quantitative estimate of drug-likeness (QED) is 0.190.